The predicted molar refractivity (Wildman–Crippen MR) is 103 cm³/mol. The van der Waals surface area contributed by atoms with Gasteiger partial charge in [0.05, 0.1) is 24.8 Å². The highest BCUT2D eigenvalue weighted by Crippen LogP contribution is 2.27. The Labute approximate surface area is 159 Å². The number of hydrogen-bond acceptors (Lipinski definition) is 5. The van der Waals surface area contributed by atoms with Crippen LogP contribution in [0.15, 0.2) is 36.4 Å². The second kappa shape index (κ2) is 8.31. The number of halogens is 1. The van der Waals surface area contributed by atoms with Gasteiger partial charge in [-0.1, -0.05) is 11.6 Å². The Morgan fingerprint density at radius 2 is 1.81 bits per heavy atom. The molecular formula is C20H22ClN3O2. The third-order valence-corrected chi connectivity index (χ3v) is 5.00. The summed E-state index contributed by atoms with van der Waals surface area (Å²) < 4.78 is 10.8. The summed E-state index contributed by atoms with van der Waals surface area (Å²) in [5, 5.41) is 9.51. The summed E-state index contributed by atoms with van der Waals surface area (Å²) in [6.07, 6.45) is 0. The summed E-state index contributed by atoms with van der Waals surface area (Å²) in [4.78, 5) is 4.70. The highest BCUT2D eigenvalue weighted by Gasteiger charge is 2.19. The molecule has 0 spiro atoms. The molecule has 1 saturated heterocycles. The quantitative estimate of drug-likeness (QED) is 0.804. The van der Waals surface area contributed by atoms with Crippen molar-refractivity contribution in [2.24, 2.45) is 0 Å². The summed E-state index contributed by atoms with van der Waals surface area (Å²) in [5.74, 6) is 1.72. The van der Waals surface area contributed by atoms with E-state index in [2.05, 4.69) is 15.9 Å². The van der Waals surface area contributed by atoms with Gasteiger partial charge in [0.2, 0.25) is 0 Å². The molecule has 136 valence electrons. The lowest BCUT2D eigenvalue weighted by Crippen LogP contribution is -2.46. The molecule has 0 atom stereocenters. The summed E-state index contributed by atoms with van der Waals surface area (Å²) >= 11 is 6.16. The molecule has 26 heavy (non-hydrogen) atoms. The van der Waals surface area contributed by atoms with Gasteiger partial charge in [0.1, 0.15) is 17.6 Å². The van der Waals surface area contributed by atoms with Crippen LogP contribution in [0.2, 0.25) is 5.02 Å². The third kappa shape index (κ3) is 4.04. The van der Waals surface area contributed by atoms with E-state index >= 15 is 0 Å². The van der Waals surface area contributed by atoms with Crippen LogP contribution in [0.4, 0.5) is 5.69 Å². The first-order chi connectivity index (χ1) is 12.6. The summed E-state index contributed by atoms with van der Waals surface area (Å²) in [5.41, 5.74) is 2.70. The molecule has 0 aliphatic carbocycles. The number of nitriles is 1. The average Bonchev–Trinajstić information content (AvgIpc) is 2.68. The van der Waals surface area contributed by atoms with Crippen molar-refractivity contribution in [2.75, 3.05) is 45.3 Å². The van der Waals surface area contributed by atoms with Crippen molar-refractivity contribution in [3.8, 4) is 17.6 Å². The van der Waals surface area contributed by atoms with Crippen LogP contribution in [0.1, 0.15) is 11.1 Å². The Morgan fingerprint density at radius 1 is 1.04 bits per heavy atom. The van der Waals surface area contributed by atoms with Gasteiger partial charge in [0.25, 0.3) is 0 Å². The molecule has 5 nitrogen and oxygen atoms in total. The molecule has 3 rings (SSSR count). The number of ether oxygens (including phenoxy) is 2. The average molecular weight is 372 g/mol. The predicted octanol–water partition coefficient (Wildman–Crippen LogP) is 3.55. The highest BCUT2D eigenvalue weighted by atomic mass is 35.5. The number of nitrogens with zero attached hydrogens (tertiary/aromatic N) is 3. The fourth-order valence-electron chi connectivity index (χ4n) is 3.20. The van der Waals surface area contributed by atoms with E-state index in [1.807, 2.05) is 30.3 Å². The summed E-state index contributed by atoms with van der Waals surface area (Å²) in [7, 11) is 3.37. The second-order valence-electron chi connectivity index (χ2n) is 6.22. The second-order valence-corrected chi connectivity index (χ2v) is 6.62. The summed E-state index contributed by atoms with van der Waals surface area (Å²) in [6.45, 7) is 4.53. The molecule has 1 aliphatic heterocycles. The SMILES string of the molecule is COc1ccc(OC)c(CN2CCN(c3ccc(C#N)c(Cl)c3)CC2)c1. The molecule has 0 unspecified atom stereocenters. The van der Waals surface area contributed by atoms with Crippen LogP contribution in [-0.4, -0.2) is 45.3 Å². The standard InChI is InChI=1S/C20H22ClN3O2/c1-25-18-5-6-20(26-2)16(11-18)14-23-7-9-24(10-8-23)17-4-3-15(13-22)19(21)12-17/h3-6,11-12H,7-10,14H2,1-2H3. The smallest absolute Gasteiger partial charge is 0.123 e. The van der Waals surface area contributed by atoms with E-state index in [1.165, 1.54) is 0 Å². The zero-order valence-electron chi connectivity index (χ0n) is 15.0. The van der Waals surface area contributed by atoms with Gasteiger partial charge in [-0.15, -0.1) is 0 Å². The third-order valence-electron chi connectivity index (χ3n) is 4.69. The van der Waals surface area contributed by atoms with Crippen molar-refractivity contribution >= 4 is 17.3 Å². The Morgan fingerprint density at radius 3 is 2.42 bits per heavy atom. The van der Waals surface area contributed by atoms with Crippen molar-refractivity contribution in [1.29, 1.82) is 5.26 Å². The van der Waals surface area contributed by atoms with Crippen molar-refractivity contribution in [2.45, 2.75) is 6.54 Å². The first-order valence-electron chi connectivity index (χ1n) is 8.52. The number of rotatable bonds is 5. The van der Waals surface area contributed by atoms with E-state index in [1.54, 1.807) is 20.3 Å². The highest BCUT2D eigenvalue weighted by molar-refractivity contribution is 6.32. The number of methoxy groups -OCH3 is 2. The van der Waals surface area contributed by atoms with E-state index in [-0.39, 0.29) is 0 Å². The van der Waals surface area contributed by atoms with Gasteiger partial charge in [-0.25, -0.2) is 0 Å². The first-order valence-corrected chi connectivity index (χ1v) is 8.90. The van der Waals surface area contributed by atoms with E-state index < -0.39 is 0 Å². The van der Waals surface area contributed by atoms with Gasteiger partial charge >= 0.3 is 0 Å². The monoisotopic (exact) mass is 371 g/mol. The normalized spacial score (nSPS) is 14.8. The van der Waals surface area contributed by atoms with Crippen LogP contribution in [0.3, 0.4) is 0 Å². The van der Waals surface area contributed by atoms with E-state index in [4.69, 9.17) is 26.3 Å². The van der Waals surface area contributed by atoms with Crippen molar-refractivity contribution in [3.05, 3.63) is 52.5 Å². The Bertz CT molecular complexity index is 811. The van der Waals surface area contributed by atoms with Crippen LogP contribution in [0.5, 0.6) is 11.5 Å². The lowest BCUT2D eigenvalue weighted by molar-refractivity contribution is 0.245. The molecule has 1 fully saturated rings. The van der Waals surface area contributed by atoms with Gasteiger partial charge in [0, 0.05) is 44.0 Å². The maximum atomic E-state index is 9.00. The Balaban J connectivity index is 1.64. The lowest BCUT2D eigenvalue weighted by Gasteiger charge is -2.36. The van der Waals surface area contributed by atoms with E-state index in [0.29, 0.717) is 10.6 Å². The molecule has 1 heterocycles. The van der Waals surface area contributed by atoms with Crippen LogP contribution < -0.4 is 14.4 Å². The van der Waals surface area contributed by atoms with E-state index in [0.717, 1.165) is 55.5 Å². The maximum Gasteiger partial charge on any atom is 0.123 e. The fourth-order valence-corrected chi connectivity index (χ4v) is 3.42. The molecule has 0 aromatic heterocycles. The number of hydrogen-bond donors (Lipinski definition) is 0. The molecule has 0 bridgehead atoms. The molecule has 6 heteroatoms. The van der Waals surface area contributed by atoms with Crippen LogP contribution in [0.25, 0.3) is 0 Å². The summed E-state index contributed by atoms with van der Waals surface area (Å²) in [6, 6.07) is 13.6. The molecule has 0 amide bonds. The molecule has 2 aromatic rings. The molecule has 0 radical (unpaired) electrons. The van der Waals surface area contributed by atoms with Crippen molar-refractivity contribution < 1.29 is 9.47 Å². The maximum absolute atomic E-state index is 9.00. The molecule has 2 aromatic carbocycles. The number of piperazine rings is 1. The largest absolute Gasteiger partial charge is 0.497 e. The first kappa shape index (κ1) is 18.4. The minimum Gasteiger partial charge on any atom is -0.497 e. The van der Waals surface area contributed by atoms with Gasteiger partial charge in [0.15, 0.2) is 0 Å². The van der Waals surface area contributed by atoms with Gasteiger partial charge in [-0.3, -0.25) is 4.90 Å². The van der Waals surface area contributed by atoms with Gasteiger partial charge < -0.3 is 14.4 Å². The zero-order chi connectivity index (χ0) is 18.5. The van der Waals surface area contributed by atoms with Crippen LogP contribution in [0, 0.1) is 11.3 Å². The molecule has 0 saturated carbocycles. The molecule has 0 N–H and O–H groups in total. The van der Waals surface area contributed by atoms with Crippen LogP contribution >= 0.6 is 11.6 Å². The lowest BCUT2D eigenvalue weighted by atomic mass is 10.1. The fraction of sp³-hybridized carbons (Fsp3) is 0.350. The van der Waals surface area contributed by atoms with Crippen LogP contribution in [-0.2, 0) is 6.54 Å². The van der Waals surface area contributed by atoms with E-state index in [9.17, 15) is 0 Å². The minimum absolute atomic E-state index is 0.508. The molecule has 1 aliphatic rings. The number of benzene rings is 2. The van der Waals surface area contributed by atoms with Crippen molar-refractivity contribution in [1.82, 2.24) is 4.90 Å². The van der Waals surface area contributed by atoms with Crippen molar-refractivity contribution in [3.63, 3.8) is 0 Å². The number of anilines is 1. The minimum atomic E-state index is 0.508. The van der Waals surface area contributed by atoms with Gasteiger partial charge in [-0.2, -0.15) is 5.26 Å². The Kier molecular flexibility index (Phi) is 5.87. The molecular weight excluding hydrogens is 350 g/mol. The topological polar surface area (TPSA) is 48.7 Å². The Hall–Kier alpha value is -2.42. The van der Waals surface area contributed by atoms with Gasteiger partial charge in [-0.05, 0) is 36.4 Å². The zero-order valence-corrected chi connectivity index (χ0v) is 15.8.